The summed E-state index contributed by atoms with van der Waals surface area (Å²) in [5, 5.41) is 14.2. The second kappa shape index (κ2) is 6.88. The van der Waals surface area contributed by atoms with Crippen LogP contribution in [0.15, 0.2) is 18.3 Å². The van der Waals surface area contributed by atoms with Gasteiger partial charge >= 0.3 is 12.0 Å². The largest absolute Gasteiger partial charge is 0.476 e. The molecule has 0 bridgehead atoms. The van der Waals surface area contributed by atoms with Crippen molar-refractivity contribution in [3.05, 3.63) is 24.0 Å². The highest BCUT2D eigenvalue weighted by Crippen LogP contribution is 2.26. The summed E-state index contributed by atoms with van der Waals surface area (Å²) in [6.07, 6.45) is 7.42. The van der Waals surface area contributed by atoms with Gasteiger partial charge in [-0.25, -0.2) is 14.6 Å². The van der Waals surface area contributed by atoms with E-state index in [4.69, 9.17) is 5.11 Å². The van der Waals surface area contributed by atoms with Crippen LogP contribution >= 0.6 is 0 Å². The molecule has 1 fully saturated rings. The molecule has 108 valence electrons. The van der Waals surface area contributed by atoms with Gasteiger partial charge in [-0.3, -0.25) is 0 Å². The van der Waals surface area contributed by atoms with E-state index in [9.17, 15) is 9.59 Å². The van der Waals surface area contributed by atoms with Gasteiger partial charge in [0.25, 0.3) is 0 Å². The quantitative estimate of drug-likeness (QED) is 0.771. The molecule has 3 N–H and O–H groups in total. The fraction of sp³-hybridized carbons (Fsp3) is 0.500. The van der Waals surface area contributed by atoms with E-state index in [-0.39, 0.29) is 11.4 Å². The lowest BCUT2D eigenvalue weighted by Crippen LogP contribution is -2.31. The highest BCUT2D eigenvalue weighted by Gasteiger charge is 2.16. The van der Waals surface area contributed by atoms with Crippen LogP contribution in [-0.2, 0) is 0 Å². The minimum atomic E-state index is -1.16. The number of hydrogen-bond donors (Lipinski definition) is 3. The summed E-state index contributed by atoms with van der Waals surface area (Å²) in [7, 11) is 0. The number of aromatic carboxylic acids is 1. The molecule has 1 aromatic heterocycles. The number of carboxylic acid groups (broad SMARTS) is 1. The lowest BCUT2D eigenvalue weighted by molar-refractivity contribution is 0.0692. The Bertz CT molecular complexity index is 484. The molecule has 1 heterocycles. The average Bonchev–Trinajstić information content (AvgIpc) is 2.92. The first-order valence-corrected chi connectivity index (χ1v) is 6.90. The summed E-state index contributed by atoms with van der Waals surface area (Å²) in [5.41, 5.74) is 0.0526. The maximum absolute atomic E-state index is 11.7. The van der Waals surface area contributed by atoms with Crippen molar-refractivity contribution in [2.24, 2.45) is 5.92 Å². The van der Waals surface area contributed by atoms with E-state index in [1.165, 1.54) is 37.9 Å². The first-order chi connectivity index (χ1) is 9.66. The maximum atomic E-state index is 11.7. The van der Waals surface area contributed by atoms with E-state index in [0.717, 1.165) is 6.42 Å². The number of hydrogen-bond acceptors (Lipinski definition) is 3. The Kier molecular flexibility index (Phi) is 4.92. The lowest BCUT2D eigenvalue weighted by atomic mass is 10.0. The Morgan fingerprint density at radius 1 is 1.35 bits per heavy atom. The minimum absolute atomic E-state index is 0.154. The van der Waals surface area contributed by atoms with Crippen LogP contribution in [0.3, 0.4) is 0 Å². The Labute approximate surface area is 117 Å². The van der Waals surface area contributed by atoms with E-state index in [1.807, 2.05) is 0 Å². The van der Waals surface area contributed by atoms with Crippen molar-refractivity contribution in [2.45, 2.75) is 32.1 Å². The van der Waals surface area contributed by atoms with Gasteiger partial charge in [-0.05, 0) is 24.5 Å². The van der Waals surface area contributed by atoms with Crippen LogP contribution in [0.2, 0.25) is 0 Å². The number of anilines is 1. The third-order valence-electron chi connectivity index (χ3n) is 3.57. The average molecular weight is 277 g/mol. The standard InChI is InChI=1S/C14H19N3O3/c18-13(19)12-11(6-3-8-15-12)17-14(20)16-9-7-10-4-1-2-5-10/h3,6,8,10H,1-2,4-5,7,9H2,(H,18,19)(H2,16,17,20). The van der Waals surface area contributed by atoms with Crippen molar-refractivity contribution >= 4 is 17.7 Å². The second-order valence-electron chi connectivity index (χ2n) is 5.02. The Balaban J connectivity index is 1.80. The monoisotopic (exact) mass is 277 g/mol. The lowest BCUT2D eigenvalue weighted by Gasteiger charge is -2.11. The first-order valence-electron chi connectivity index (χ1n) is 6.90. The summed E-state index contributed by atoms with van der Waals surface area (Å²) in [6.45, 7) is 0.610. The molecule has 0 spiro atoms. The van der Waals surface area contributed by atoms with Gasteiger partial charge in [0.05, 0.1) is 5.69 Å². The SMILES string of the molecule is O=C(NCCC1CCCC1)Nc1cccnc1C(=O)O. The zero-order valence-electron chi connectivity index (χ0n) is 11.3. The van der Waals surface area contributed by atoms with Crippen LogP contribution in [0.5, 0.6) is 0 Å². The van der Waals surface area contributed by atoms with Gasteiger partial charge in [0.2, 0.25) is 0 Å². The van der Waals surface area contributed by atoms with Crippen molar-refractivity contribution < 1.29 is 14.7 Å². The molecule has 20 heavy (non-hydrogen) atoms. The predicted molar refractivity (Wildman–Crippen MR) is 74.8 cm³/mol. The molecule has 1 aromatic rings. The molecule has 1 saturated carbocycles. The van der Waals surface area contributed by atoms with Crippen molar-refractivity contribution in [1.82, 2.24) is 10.3 Å². The number of carbonyl (C=O) groups is 2. The van der Waals surface area contributed by atoms with Crippen LogP contribution in [0.4, 0.5) is 10.5 Å². The second-order valence-corrected chi connectivity index (χ2v) is 5.02. The predicted octanol–water partition coefficient (Wildman–Crippen LogP) is 2.48. The van der Waals surface area contributed by atoms with Crippen LogP contribution in [0, 0.1) is 5.92 Å². The fourth-order valence-corrected chi connectivity index (χ4v) is 2.53. The van der Waals surface area contributed by atoms with E-state index < -0.39 is 12.0 Å². The third-order valence-corrected chi connectivity index (χ3v) is 3.57. The highest BCUT2D eigenvalue weighted by atomic mass is 16.4. The number of amides is 2. The first kappa shape index (κ1) is 14.3. The molecular weight excluding hydrogens is 258 g/mol. The van der Waals surface area contributed by atoms with Gasteiger partial charge in [-0.2, -0.15) is 0 Å². The summed E-state index contributed by atoms with van der Waals surface area (Å²) in [5.74, 6) is -0.449. The number of nitrogens with one attached hydrogen (secondary N) is 2. The van der Waals surface area contributed by atoms with Gasteiger partial charge in [0, 0.05) is 12.7 Å². The topological polar surface area (TPSA) is 91.3 Å². The molecule has 2 amide bonds. The third kappa shape index (κ3) is 3.94. The molecule has 0 aromatic carbocycles. The molecule has 6 heteroatoms. The maximum Gasteiger partial charge on any atom is 0.356 e. The van der Waals surface area contributed by atoms with E-state index in [1.54, 1.807) is 6.07 Å². The van der Waals surface area contributed by atoms with Crippen LogP contribution < -0.4 is 10.6 Å². The van der Waals surface area contributed by atoms with Crippen molar-refractivity contribution in [2.75, 3.05) is 11.9 Å². The molecule has 6 nitrogen and oxygen atoms in total. The molecule has 1 aliphatic carbocycles. The summed E-state index contributed by atoms with van der Waals surface area (Å²) < 4.78 is 0. The molecule has 0 saturated heterocycles. The van der Waals surface area contributed by atoms with E-state index >= 15 is 0 Å². The van der Waals surface area contributed by atoms with Gasteiger partial charge in [-0.15, -0.1) is 0 Å². The van der Waals surface area contributed by atoms with Gasteiger partial charge < -0.3 is 15.7 Å². The Morgan fingerprint density at radius 3 is 2.80 bits per heavy atom. The summed E-state index contributed by atoms with van der Waals surface area (Å²) in [4.78, 5) is 26.4. The van der Waals surface area contributed by atoms with Crippen molar-refractivity contribution in [3.63, 3.8) is 0 Å². The van der Waals surface area contributed by atoms with Crippen LogP contribution in [-0.4, -0.2) is 28.6 Å². The summed E-state index contributed by atoms with van der Waals surface area (Å²) >= 11 is 0. The van der Waals surface area contributed by atoms with Gasteiger partial charge in [0.1, 0.15) is 0 Å². The van der Waals surface area contributed by atoms with E-state index in [2.05, 4.69) is 15.6 Å². The molecule has 2 rings (SSSR count). The van der Waals surface area contributed by atoms with Gasteiger partial charge in [-0.1, -0.05) is 25.7 Å². The molecule has 0 atom stereocenters. The normalized spacial score (nSPS) is 15.0. The van der Waals surface area contributed by atoms with Crippen LogP contribution in [0.1, 0.15) is 42.6 Å². The van der Waals surface area contributed by atoms with E-state index in [0.29, 0.717) is 12.5 Å². The molecule has 0 aliphatic heterocycles. The highest BCUT2D eigenvalue weighted by molar-refractivity contribution is 5.98. The molecule has 0 radical (unpaired) electrons. The number of carbonyl (C=O) groups excluding carboxylic acids is 1. The fourth-order valence-electron chi connectivity index (χ4n) is 2.53. The minimum Gasteiger partial charge on any atom is -0.476 e. The van der Waals surface area contributed by atoms with Crippen LogP contribution in [0.25, 0.3) is 0 Å². The number of pyridine rings is 1. The number of rotatable bonds is 5. The Hall–Kier alpha value is -2.11. The van der Waals surface area contributed by atoms with Gasteiger partial charge in [0.15, 0.2) is 5.69 Å². The zero-order valence-corrected chi connectivity index (χ0v) is 11.3. The number of aromatic nitrogens is 1. The Morgan fingerprint density at radius 2 is 2.10 bits per heavy atom. The summed E-state index contributed by atoms with van der Waals surface area (Å²) in [6, 6.07) is 2.71. The number of nitrogens with zero attached hydrogens (tertiary/aromatic N) is 1. The molecule has 0 unspecified atom stereocenters. The number of carboxylic acids is 1. The number of urea groups is 1. The molecule has 1 aliphatic rings. The van der Waals surface area contributed by atoms with Crippen molar-refractivity contribution in [3.8, 4) is 0 Å². The van der Waals surface area contributed by atoms with Crippen molar-refractivity contribution in [1.29, 1.82) is 0 Å². The zero-order chi connectivity index (χ0) is 14.4. The smallest absolute Gasteiger partial charge is 0.356 e. The molecular formula is C14H19N3O3.